The normalized spacial score (nSPS) is 10.4. The number of aromatic nitrogens is 2. The topological polar surface area (TPSA) is 78.0 Å². The van der Waals surface area contributed by atoms with Crippen LogP contribution in [0.2, 0.25) is 0 Å². The molecule has 1 heterocycles. The Kier molecular flexibility index (Phi) is 3.37. The fourth-order valence-corrected chi connectivity index (χ4v) is 1.64. The van der Waals surface area contributed by atoms with Crippen molar-refractivity contribution >= 4 is 11.5 Å². The van der Waals surface area contributed by atoms with E-state index in [1.165, 1.54) is 36.1 Å². The highest BCUT2D eigenvalue weighted by Gasteiger charge is 2.17. The van der Waals surface area contributed by atoms with Crippen molar-refractivity contribution in [2.45, 2.75) is 13.5 Å². The van der Waals surface area contributed by atoms with E-state index >= 15 is 0 Å². The van der Waals surface area contributed by atoms with Crippen molar-refractivity contribution in [3.63, 3.8) is 0 Å². The Balaban J connectivity index is 2.30. The number of Topliss-reactive ketones (excluding diaryl/α,β-unsaturated/α-hetero) is 1. The molecule has 7 heteroatoms. The summed E-state index contributed by atoms with van der Waals surface area (Å²) in [6, 6.07) is 3.95. The van der Waals surface area contributed by atoms with Crippen molar-refractivity contribution in [3.8, 4) is 0 Å². The van der Waals surface area contributed by atoms with Gasteiger partial charge >= 0.3 is 5.69 Å². The minimum Gasteiger partial charge on any atom is -0.294 e. The molecule has 0 amide bonds. The number of benzene rings is 1. The number of carbonyl (C=O) groups excluding carboxylic acids is 1. The van der Waals surface area contributed by atoms with Crippen LogP contribution in [-0.4, -0.2) is 20.5 Å². The Hall–Kier alpha value is -2.57. The maximum absolute atomic E-state index is 13.8. The van der Waals surface area contributed by atoms with Crippen LogP contribution >= 0.6 is 0 Å². The zero-order valence-corrected chi connectivity index (χ0v) is 10.0. The number of nitro groups is 1. The lowest BCUT2D eigenvalue weighted by Crippen LogP contribution is -2.04. The maximum Gasteiger partial charge on any atom is 0.305 e. The van der Waals surface area contributed by atoms with Crippen molar-refractivity contribution in [1.82, 2.24) is 9.78 Å². The molecule has 0 N–H and O–H groups in total. The fourth-order valence-electron chi connectivity index (χ4n) is 1.64. The predicted molar refractivity (Wildman–Crippen MR) is 64.4 cm³/mol. The molecule has 2 rings (SSSR count). The second kappa shape index (κ2) is 4.97. The van der Waals surface area contributed by atoms with Crippen molar-refractivity contribution in [2.24, 2.45) is 0 Å². The van der Waals surface area contributed by atoms with Gasteiger partial charge in [-0.15, -0.1) is 0 Å². The van der Waals surface area contributed by atoms with Gasteiger partial charge < -0.3 is 0 Å². The summed E-state index contributed by atoms with van der Waals surface area (Å²) in [5.41, 5.74) is -0.0188. The molecular formula is C12H10FN3O3. The van der Waals surface area contributed by atoms with Gasteiger partial charge in [0.05, 0.1) is 23.2 Å². The molecule has 0 fully saturated rings. The molecular weight excluding hydrogens is 253 g/mol. The van der Waals surface area contributed by atoms with Crippen molar-refractivity contribution in [2.75, 3.05) is 0 Å². The average Bonchev–Trinajstić information content (AvgIpc) is 2.80. The first-order valence-corrected chi connectivity index (χ1v) is 5.44. The van der Waals surface area contributed by atoms with E-state index in [1.54, 1.807) is 0 Å². The summed E-state index contributed by atoms with van der Waals surface area (Å²) >= 11 is 0. The number of nitrogens with zero attached hydrogens (tertiary/aromatic N) is 3. The lowest BCUT2D eigenvalue weighted by molar-refractivity contribution is -0.387. The van der Waals surface area contributed by atoms with Crippen LogP contribution in [0.5, 0.6) is 0 Å². The molecule has 2 aromatic rings. The lowest BCUT2D eigenvalue weighted by atomic mass is 10.2. The van der Waals surface area contributed by atoms with Gasteiger partial charge in [-0.1, -0.05) is 12.1 Å². The second-order valence-corrected chi connectivity index (χ2v) is 3.99. The number of hydrogen-bond donors (Lipinski definition) is 0. The largest absolute Gasteiger partial charge is 0.305 e. The molecule has 0 aliphatic heterocycles. The van der Waals surface area contributed by atoms with Crippen LogP contribution in [0.25, 0.3) is 0 Å². The van der Waals surface area contributed by atoms with Gasteiger partial charge in [-0.05, 0) is 6.92 Å². The molecule has 0 atom stereocenters. The molecule has 6 nitrogen and oxygen atoms in total. The summed E-state index contributed by atoms with van der Waals surface area (Å²) in [6.07, 6.45) is 2.85. The molecule has 98 valence electrons. The first-order valence-electron chi connectivity index (χ1n) is 5.44. The molecule has 0 aliphatic carbocycles. The van der Waals surface area contributed by atoms with Crippen LogP contribution < -0.4 is 0 Å². The zero-order chi connectivity index (χ0) is 14.0. The van der Waals surface area contributed by atoms with Crippen molar-refractivity contribution in [1.29, 1.82) is 0 Å². The molecule has 0 saturated heterocycles. The maximum atomic E-state index is 13.8. The van der Waals surface area contributed by atoms with Gasteiger partial charge in [0.25, 0.3) is 0 Å². The summed E-state index contributed by atoms with van der Waals surface area (Å²) < 4.78 is 15.2. The van der Waals surface area contributed by atoms with E-state index in [4.69, 9.17) is 0 Å². The molecule has 0 spiro atoms. The van der Waals surface area contributed by atoms with E-state index in [0.717, 1.165) is 6.07 Å². The lowest BCUT2D eigenvalue weighted by Gasteiger charge is -2.03. The van der Waals surface area contributed by atoms with Crippen LogP contribution in [0.3, 0.4) is 0 Å². The van der Waals surface area contributed by atoms with Crippen molar-refractivity contribution in [3.05, 3.63) is 57.7 Å². The number of nitro benzene ring substituents is 1. The van der Waals surface area contributed by atoms with Crippen LogP contribution in [0.15, 0.2) is 30.6 Å². The van der Waals surface area contributed by atoms with Gasteiger partial charge in [-0.2, -0.15) is 9.49 Å². The third-order valence-corrected chi connectivity index (χ3v) is 2.63. The second-order valence-electron chi connectivity index (χ2n) is 3.99. The highest BCUT2D eigenvalue weighted by atomic mass is 19.1. The van der Waals surface area contributed by atoms with Crippen molar-refractivity contribution < 1.29 is 14.1 Å². The van der Waals surface area contributed by atoms with Gasteiger partial charge in [0.1, 0.15) is 0 Å². The van der Waals surface area contributed by atoms with E-state index in [2.05, 4.69) is 5.10 Å². The average molecular weight is 263 g/mol. The molecule has 0 saturated carbocycles. The fraction of sp³-hybridized carbons (Fsp3) is 0.167. The summed E-state index contributed by atoms with van der Waals surface area (Å²) in [6.45, 7) is 1.43. The molecule has 0 bridgehead atoms. The number of hydrogen-bond acceptors (Lipinski definition) is 4. The molecule has 1 aromatic carbocycles. The number of ketones is 1. The standard InChI is InChI=1S/C12H10FN3O3/c1-8(17)10-5-14-15(7-10)6-9-3-2-4-11(12(9)13)16(18)19/h2-5,7H,6H2,1H3. The van der Waals surface area contributed by atoms with Gasteiger partial charge in [0, 0.05) is 17.8 Å². The highest BCUT2D eigenvalue weighted by molar-refractivity contribution is 5.93. The third-order valence-electron chi connectivity index (χ3n) is 2.63. The summed E-state index contributed by atoms with van der Waals surface area (Å²) in [5.74, 6) is -1.03. The number of halogens is 1. The molecule has 0 aliphatic rings. The van der Waals surface area contributed by atoms with Gasteiger partial charge in [0.2, 0.25) is 5.82 Å². The SMILES string of the molecule is CC(=O)c1cnn(Cc2cccc([N+](=O)[O-])c2F)c1. The first-order chi connectivity index (χ1) is 8.99. The number of rotatable bonds is 4. The van der Waals surface area contributed by atoms with Crippen LogP contribution in [-0.2, 0) is 6.54 Å². The minimum atomic E-state index is -0.882. The summed E-state index contributed by atoms with van der Waals surface area (Å²) in [4.78, 5) is 20.9. The molecule has 0 unspecified atom stereocenters. The quantitative estimate of drug-likeness (QED) is 0.481. The smallest absolute Gasteiger partial charge is 0.294 e. The Labute approximate surface area is 107 Å². The summed E-state index contributed by atoms with van der Waals surface area (Å²) in [7, 11) is 0. The van der Waals surface area contributed by atoms with Crippen LogP contribution in [0.4, 0.5) is 10.1 Å². The van der Waals surface area contributed by atoms with E-state index in [9.17, 15) is 19.3 Å². The third kappa shape index (κ3) is 2.65. The van der Waals surface area contributed by atoms with Crippen LogP contribution in [0, 0.1) is 15.9 Å². The number of carbonyl (C=O) groups is 1. The van der Waals surface area contributed by atoms with E-state index in [-0.39, 0.29) is 17.9 Å². The van der Waals surface area contributed by atoms with E-state index < -0.39 is 16.4 Å². The first kappa shape index (κ1) is 12.9. The molecule has 0 radical (unpaired) electrons. The monoisotopic (exact) mass is 263 g/mol. The van der Waals surface area contributed by atoms with Gasteiger partial charge in [0.15, 0.2) is 5.78 Å². The van der Waals surface area contributed by atoms with E-state index in [1.807, 2.05) is 0 Å². The predicted octanol–water partition coefficient (Wildman–Crippen LogP) is 2.18. The zero-order valence-electron chi connectivity index (χ0n) is 10.0. The van der Waals surface area contributed by atoms with Gasteiger partial charge in [-0.25, -0.2) is 0 Å². The highest BCUT2D eigenvalue weighted by Crippen LogP contribution is 2.20. The minimum absolute atomic E-state index is 0.0286. The molecule has 19 heavy (non-hydrogen) atoms. The Morgan fingerprint density at radius 3 is 2.84 bits per heavy atom. The van der Waals surface area contributed by atoms with Crippen LogP contribution in [0.1, 0.15) is 22.8 Å². The van der Waals surface area contributed by atoms with E-state index in [0.29, 0.717) is 5.56 Å². The Morgan fingerprint density at radius 2 is 2.26 bits per heavy atom. The van der Waals surface area contributed by atoms with Gasteiger partial charge in [-0.3, -0.25) is 19.6 Å². The molecule has 1 aromatic heterocycles. The Morgan fingerprint density at radius 1 is 1.53 bits per heavy atom. The summed E-state index contributed by atoms with van der Waals surface area (Å²) in [5, 5.41) is 14.5. The Bertz CT molecular complexity index is 651.